The lowest BCUT2D eigenvalue weighted by atomic mass is 9.96. The summed E-state index contributed by atoms with van der Waals surface area (Å²) >= 11 is 0. The van der Waals surface area contributed by atoms with E-state index in [9.17, 15) is 10.2 Å². The molecule has 0 aliphatic rings. The van der Waals surface area contributed by atoms with Crippen LogP contribution in [-0.2, 0) is 0 Å². The van der Waals surface area contributed by atoms with Crippen molar-refractivity contribution in [2.45, 2.75) is 27.7 Å². The number of hydrogen-bond acceptors (Lipinski definition) is 3. The third kappa shape index (κ3) is 4.54. The van der Waals surface area contributed by atoms with E-state index in [1.807, 2.05) is 58.0 Å². The molecular formula is C22H24O3. The highest BCUT2D eigenvalue weighted by Crippen LogP contribution is 2.32. The second-order valence-corrected chi connectivity index (χ2v) is 6.25. The van der Waals surface area contributed by atoms with Crippen LogP contribution in [0.1, 0.15) is 22.3 Å². The topological polar surface area (TPSA) is 60.7 Å². The Morgan fingerprint density at radius 3 is 1.08 bits per heavy atom. The number of aryl methyl sites for hydroxylation is 4. The first-order valence-electron chi connectivity index (χ1n) is 8.14. The van der Waals surface area contributed by atoms with Gasteiger partial charge in [0.05, 0.1) is 0 Å². The van der Waals surface area contributed by atoms with Crippen molar-refractivity contribution >= 4 is 0 Å². The highest BCUT2D eigenvalue weighted by molar-refractivity contribution is 5.70. The predicted molar refractivity (Wildman–Crippen MR) is 102 cm³/mol. The van der Waals surface area contributed by atoms with E-state index in [4.69, 9.17) is 5.11 Å². The fourth-order valence-electron chi connectivity index (χ4n) is 2.67. The summed E-state index contributed by atoms with van der Waals surface area (Å²) in [6.45, 7) is 7.58. The van der Waals surface area contributed by atoms with E-state index >= 15 is 0 Å². The molecule has 3 aromatic rings. The van der Waals surface area contributed by atoms with Crippen LogP contribution in [0.25, 0.3) is 11.1 Å². The van der Waals surface area contributed by atoms with Crippen molar-refractivity contribution in [2.24, 2.45) is 0 Å². The zero-order chi connectivity index (χ0) is 18.6. The lowest BCUT2D eigenvalue weighted by molar-refractivity contribution is 0.466. The maximum atomic E-state index is 9.79. The minimum atomic E-state index is 0.322. The molecule has 130 valence electrons. The number of para-hydroxylation sites is 1. The molecule has 3 N–H and O–H groups in total. The molecule has 0 saturated heterocycles. The molecular weight excluding hydrogens is 312 g/mol. The Morgan fingerprint density at radius 1 is 0.520 bits per heavy atom. The maximum Gasteiger partial charge on any atom is 0.121 e. The minimum absolute atomic E-state index is 0.322. The summed E-state index contributed by atoms with van der Waals surface area (Å²) in [6.07, 6.45) is 0. The van der Waals surface area contributed by atoms with E-state index in [-0.39, 0.29) is 0 Å². The summed E-state index contributed by atoms with van der Waals surface area (Å²) in [4.78, 5) is 0. The van der Waals surface area contributed by atoms with Crippen molar-refractivity contribution in [3.63, 3.8) is 0 Å². The monoisotopic (exact) mass is 336 g/mol. The predicted octanol–water partition coefficient (Wildman–Crippen LogP) is 5.39. The Balaban J connectivity index is 0.000000269. The van der Waals surface area contributed by atoms with Gasteiger partial charge in [-0.1, -0.05) is 18.2 Å². The molecule has 3 nitrogen and oxygen atoms in total. The summed E-state index contributed by atoms with van der Waals surface area (Å²) in [5.41, 5.74) is 5.60. The standard InChI is InChI=1S/C16H18O2.C6H6O/c1-9-5-13(6-10(2)15(9)17)14-7-11(3)16(18)12(4)8-14;7-6-4-2-1-3-5-6/h5-8,17-18H,1-4H3;1-5,7H. The van der Waals surface area contributed by atoms with Crippen molar-refractivity contribution in [3.05, 3.63) is 76.9 Å². The Labute approximate surface area is 148 Å². The molecule has 0 amide bonds. The van der Waals surface area contributed by atoms with Gasteiger partial charge >= 0.3 is 0 Å². The van der Waals surface area contributed by atoms with Gasteiger partial charge in [0, 0.05) is 0 Å². The lowest BCUT2D eigenvalue weighted by Gasteiger charge is -2.11. The van der Waals surface area contributed by atoms with Gasteiger partial charge in [0.15, 0.2) is 0 Å². The molecule has 0 heterocycles. The van der Waals surface area contributed by atoms with Crippen LogP contribution in [0.15, 0.2) is 54.6 Å². The third-order valence-corrected chi connectivity index (χ3v) is 4.07. The van der Waals surface area contributed by atoms with Crippen molar-refractivity contribution in [1.29, 1.82) is 0 Å². The van der Waals surface area contributed by atoms with Gasteiger partial charge in [0.1, 0.15) is 17.2 Å². The zero-order valence-corrected chi connectivity index (χ0v) is 15.0. The van der Waals surface area contributed by atoms with Crippen LogP contribution in [0, 0.1) is 27.7 Å². The fraction of sp³-hybridized carbons (Fsp3) is 0.182. The fourth-order valence-corrected chi connectivity index (χ4v) is 2.67. The third-order valence-electron chi connectivity index (χ3n) is 4.07. The van der Waals surface area contributed by atoms with Crippen LogP contribution in [0.4, 0.5) is 0 Å². The maximum absolute atomic E-state index is 9.79. The summed E-state index contributed by atoms with van der Waals surface area (Å²) in [5.74, 6) is 1.03. The van der Waals surface area contributed by atoms with Gasteiger partial charge in [0.2, 0.25) is 0 Å². The molecule has 0 fully saturated rings. The summed E-state index contributed by atoms with van der Waals surface area (Å²) in [7, 11) is 0. The van der Waals surface area contributed by atoms with Gasteiger partial charge in [-0.2, -0.15) is 0 Å². The van der Waals surface area contributed by atoms with E-state index in [1.165, 1.54) is 0 Å². The van der Waals surface area contributed by atoms with E-state index in [1.54, 1.807) is 24.3 Å². The van der Waals surface area contributed by atoms with Crippen molar-refractivity contribution in [2.75, 3.05) is 0 Å². The molecule has 3 rings (SSSR count). The highest BCUT2D eigenvalue weighted by atomic mass is 16.3. The molecule has 0 bridgehead atoms. The molecule has 0 atom stereocenters. The van der Waals surface area contributed by atoms with E-state index in [0.29, 0.717) is 17.2 Å². The average Bonchev–Trinajstić information content (AvgIpc) is 2.58. The van der Waals surface area contributed by atoms with Crippen LogP contribution in [0.3, 0.4) is 0 Å². The van der Waals surface area contributed by atoms with Crippen LogP contribution in [0.5, 0.6) is 17.2 Å². The molecule has 3 heteroatoms. The summed E-state index contributed by atoms with van der Waals surface area (Å²) < 4.78 is 0. The van der Waals surface area contributed by atoms with E-state index in [2.05, 4.69) is 0 Å². The Kier molecular flexibility index (Phi) is 5.71. The van der Waals surface area contributed by atoms with E-state index in [0.717, 1.165) is 33.4 Å². The Hall–Kier alpha value is -2.94. The SMILES string of the molecule is Cc1cc(-c2cc(C)c(O)c(C)c2)cc(C)c1O.Oc1ccccc1. The number of benzene rings is 3. The van der Waals surface area contributed by atoms with Crippen molar-refractivity contribution in [3.8, 4) is 28.4 Å². The largest absolute Gasteiger partial charge is 0.508 e. The number of phenolic OH excluding ortho intramolecular Hbond substituents is 3. The Bertz CT molecular complexity index is 766. The zero-order valence-electron chi connectivity index (χ0n) is 15.0. The molecule has 0 aliphatic heterocycles. The normalized spacial score (nSPS) is 10.1. The van der Waals surface area contributed by atoms with Crippen LogP contribution < -0.4 is 0 Å². The molecule has 0 aliphatic carbocycles. The molecule has 0 spiro atoms. The van der Waals surface area contributed by atoms with Gasteiger partial charge in [-0.25, -0.2) is 0 Å². The van der Waals surface area contributed by atoms with Gasteiger partial charge in [0.25, 0.3) is 0 Å². The molecule has 0 unspecified atom stereocenters. The lowest BCUT2D eigenvalue weighted by Crippen LogP contribution is -1.88. The summed E-state index contributed by atoms with van der Waals surface area (Å²) in [6, 6.07) is 16.6. The Morgan fingerprint density at radius 2 is 0.840 bits per heavy atom. The first kappa shape index (κ1) is 18.4. The first-order chi connectivity index (χ1) is 11.8. The van der Waals surface area contributed by atoms with Gasteiger partial charge in [-0.15, -0.1) is 0 Å². The minimum Gasteiger partial charge on any atom is -0.508 e. The molecule has 25 heavy (non-hydrogen) atoms. The number of aromatic hydroxyl groups is 3. The second-order valence-electron chi connectivity index (χ2n) is 6.25. The second kappa shape index (κ2) is 7.75. The van der Waals surface area contributed by atoms with E-state index < -0.39 is 0 Å². The van der Waals surface area contributed by atoms with Gasteiger partial charge in [-0.05, 0) is 97.5 Å². The smallest absolute Gasteiger partial charge is 0.121 e. The van der Waals surface area contributed by atoms with Crippen LogP contribution in [-0.4, -0.2) is 15.3 Å². The number of rotatable bonds is 1. The van der Waals surface area contributed by atoms with Crippen molar-refractivity contribution in [1.82, 2.24) is 0 Å². The number of hydrogen-bond donors (Lipinski definition) is 3. The van der Waals surface area contributed by atoms with Gasteiger partial charge in [-0.3, -0.25) is 0 Å². The highest BCUT2D eigenvalue weighted by Gasteiger charge is 2.08. The average molecular weight is 336 g/mol. The van der Waals surface area contributed by atoms with Crippen LogP contribution in [0.2, 0.25) is 0 Å². The number of phenols is 3. The first-order valence-corrected chi connectivity index (χ1v) is 8.14. The molecule has 0 saturated carbocycles. The molecule has 3 aromatic carbocycles. The van der Waals surface area contributed by atoms with Gasteiger partial charge < -0.3 is 15.3 Å². The summed E-state index contributed by atoms with van der Waals surface area (Å²) in [5, 5.41) is 28.2. The molecule has 0 radical (unpaired) electrons. The van der Waals surface area contributed by atoms with Crippen LogP contribution >= 0.6 is 0 Å². The van der Waals surface area contributed by atoms with Crippen molar-refractivity contribution < 1.29 is 15.3 Å². The quantitative estimate of drug-likeness (QED) is 0.558. The molecule has 0 aromatic heterocycles.